The molecule has 86 valence electrons. The van der Waals surface area contributed by atoms with Gasteiger partial charge in [0.15, 0.2) is 0 Å². The van der Waals surface area contributed by atoms with Gasteiger partial charge in [-0.05, 0) is 25.0 Å². The van der Waals surface area contributed by atoms with Gasteiger partial charge in [0.25, 0.3) is 0 Å². The van der Waals surface area contributed by atoms with Gasteiger partial charge in [-0.1, -0.05) is 12.1 Å². The lowest BCUT2D eigenvalue weighted by atomic mass is 10.2. The molecule has 0 amide bonds. The van der Waals surface area contributed by atoms with Gasteiger partial charge in [-0.3, -0.25) is 0 Å². The summed E-state index contributed by atoms with van der Waals surface area (Å²) in [6.45, 7) is 3.67. The first-order valence-corrected chi connectivity index (χ1v) is 5.44. The fraction of sp³-hybridized carbons (Fsp3) is 0.417. The molecule has 1 aromatic heterocycles. The molecule has 2 rings (SSSR count). The van der Waals surface area contributed by atoms with Crippen LogP contribution in [0.2, 0.25) is 0 Å². The smallest absolute Gasteiger partial charge is 0.201 e. The molecule has 2 N–H and O–H groups in total. The standard InChI is InChI=1S/C12H17N3O/c1-9-5-3-6-10-11(9)15(12(13)14-10)7-4-8-16-2/h3,5-6H,4,7-8H2,1-2H3,(H2,13,14). The average molecular weight is 219 g/mol. The van der Waals surface area contributed by atoms with E-state index in [0.29, 0.717) is 5.95 Å². The Kier molecular flexibility index (Phi) is 3.10. The number of methoxy groups -OCH3 is 1. The summed E-state index contributed by atoms with van der Waals surface area (Å²) >= 11 is 0. The number of rotatable bonds is 4. The van der Waals surface area contributed by atoms with Gasteiger partial charge in [0.1, 0.15) is 0 Å². The first-order chi connectivity index (χ1) is 7.74. The Morgan fingerprint density at radius 2 is 2.25 bits per heavy atom. The minimum atomic E-state index is 0.584. The molecule has 1 heterocycles. The third kappa shape index (κ3) is 1.88. The van der Waals surface area contributed by atoms with Crippen molar-refractivity contribution in [1.29, 1.82) is 0 Å². The molecule has 0 spiro atoms. The van der Waals surface area contributed by atoms with Crippen LogP contribution in [0.5, 0.6) is 0 Å². The van der Waals surface area contributed by atoms with Gasteiger partial charge in [-0.25, -0.2) is 4.98 Å². The average Bonchev–Trinajstić information content (AvgIpc) is 2.57. The van der Waals surface area contributed by atoms with Crippen LogP contribution >= 0.6 is 0 Å². The number of nitrogen functional groups attached to an aromatic ring is 1. The maximum Gasteiger partial charge on any atom is 0.201 e. The van der Waals surface area contributed by atoms with E-state index in [0.717, 1.165) is 30.6 Å². The van der Waals surface area contributed by atoms with Gasteiger partial charge < -0.3 is 15.0 Å². The number of aryl methyl sites for hydroxylation is 2. The number of nitrogens with zero attached hydrogens (tertiary/aromatic N) is 2. The van der Waals surface area contributed by atoms with Crippen molar-refractivity contribution in [2.75, 3.05) is 19.5 Å². The normalized spacial score (nSPS) is 11.1. The Bertz CT molecular complexity index is 490. The molecule has 0 aliphatic carbocycles. The quantitative estimate of drug-likeness (QED) is 0.800. The molecule has 1 aromatic carbocycles. The van der Waals surface area contributed by atoms with E-state index in [9.17, 15) is 0 Å². The lowest BCUT2D eigenvalue weighted by Gasteiger charge is -2.07. The Hall–Kier alpha value is -1.55. The third-order valence-electron chi connectivity index (χ3n) is 2.73. The summed E-state index contributed by atoms with van der Waals surface area (Å²) in [5, 5.41) is 0. The van der Waals surface area contributed by atoms with Crippen molar-refractivity contribution in [2.24, 2.45) is 0 Å². The summed E-state index contributed by atoms with van der Waals surface area (Å²) < 4.78 is 7.11. The Morgan fingerprint density at radius 3 is 3.00 bits per heavy atom. The van der Waals surface area contributed by atoms with Crippen LogP contribution in [0.25, 0.3) is 11.0 Å². The molecule has 0 saturated heterocycles. The maximum absolute atomic E-state index is 5.92. The minimum absolute atomic E-state index is 0.584. The third-order valence-corrected chi connectivity index (χ3v) is 2.73. The predicted molar refractivity (Wildman–Crippen MR) is 65.4 cm³/mol. The SMILES string of the molecule is COCCCn1c(N)nc2cccc(C)c21. The number of imidazole rings is 1. The van der Waals surface area contributed by atoms with Gasteiger partial charge in [-0.15, -0.1) is 0 Å². The van der Waals surface area contributed by atoms with E-state index in [4.69, 9.17) is 10.5 Å². The van der Waals surface area contributed by atoms with E-state index in [1.54, 1.807) is 7.11 Å². The summed E-state index contributed by atoms with van der Waals surface area (Å²) in [5.41, 5.74) is 9.23. The molecular weight excluding hydrogens is 202 g/mol. The highest BCUT2D eigenvalue weighted by Crippen LogP contribution is 2.21. The van der Waals surface area contributed by atoms with Crippen molar-refractivity contribution >= 4 is 17.0 Å². The number of hydrogen-bond acceptors (Lipinski definition) is 3. The monoisotopic (exact) mass is 219 g/mol. The first-order valence-electron chi connectivity index (χ1n) is 5.44. The second kappa shape index (κ2) is 4.53. The Labute approximate surface area is 95.0 Å². The van der Waals surface area contributed by atoms with Crippen LogP contribution < -0.4 is 5.73 Å². The summed E-state index contributed by atoms with van der Waals surface area (Å²) in [4.78, 5) is 4.35. The number of aromatic nitrogens is 2. The predicted octanol–water partition coefficient (Wildman–Crippen LogP) is 1.96. The molecule has 0 aliphatic rings. The molecule has 2 aromatic rings. The van der Waals surface area contributed by atoms with Crippen LogP contribution in [-0.4, -0.2) is 23.3 Å². The number of hydrogen-bond donors (Lipinski definition) is 1. The summed E-state index contributed by atoms with van der Waals surface area (Å²) in [5.74, 6) is 0.584. The number of para-hydroxylation sites is 1. The summed E-state index contributed by atoms with van der Waals surface area (Å²) in [6.07, 6.45) is 0.945. The van der Waals surface area contributed by atoms with Gasteiger partial charge >= 0.3 is 0 Å². The van der Waals surface area contributed by atoms with Gasteiger partial charge in [0.2, 0.25) is 5.95 Å². The van der Waals surface area contributed by atoms with Crippen LogP contribution in [0.3, 0.4) is 0 Å². The molecule has 0 unspecified atom stereocenters. The highest BCUT2D eigenvalue weighted by molar-refractivity contribution is 5.81. The van der Waals surface area contributed by atoms with E-state index >= 15 is 0 Å². The molecule has 0 saturated carbocycles. The zero-order chi connectivity index (χ0) is 11.5. The van der Waals surface area contributed by atoms with Gasteiger partial charge in [-0.2, -0.15) is 0 Å². The topological polar surface area (TPSA) is 53.1 Å². The molecule has 0 radical (unpaired) electrons. The number of benzene rings is 1. The minimum Gasteiger partial charge on any atom is -0.385 e. The van der Waals surface area contributed by atoms with E-state index in [1.807, 2.05) is 12.1 Å². The van der Waals surface area contributed by atoms with E-state index in [1.165, 1.54) is 5.56 Å². The lowest BCUT2D eigenvalue weighted by molar-refractivity contribution is 0.191. The number of anilines is 1. The van der Waals surface area contributed by atoms with Crippen LogP contribution in [0.1, 0.15) is 12.0 Å². The summed E-state index contributed by atoms with van der Waals surface area (Å²) in [6, 6.07) is 6.07. The molecule has 0 bridgehead atoms. The maximum atomic E-state index is 5.92. The van der Waals surface area contributed by atoms with Crippen molar-refractivity contribution in [3.05, 3.63) is 23.8 Å². The van der Waals surface area contributed by atoms with E-state index in [2.05, 4.69) is 22.5 Å². The van der Waals surface area contributed by atoms with Crippen molar-refractivity contribution < 1.29 is 4.74 Å². The number of nitrogens with two attached hydrogens (primary N) is 1. The zero-order valence-corrected chi connectivity index (χ0v) is 9.73. The number of fused-ring (bicyclic) bond motifs is 1. The second-order valence-electron chi connectivity index (χ2n) is 3.91. The lowest BCUT2D eigenvalue weighted by Crippen LogP contribution is -2.06. The van der Waals surface area contributed by atoms with Crippen LogP contribution in [0, 0.1) is 6.92 Å². The van der Waals surface area contributed by atoms with Crippen molar-refractivity contribution in [1.82, 2.24) is 9.55 Å². The van der Waals surface area contributed by atoms with E-state index < -0.39 is 0 Å². The number of ether oxygens (including phenoxy) is 1. The summed E-state index contributed by atoms with van der Waals surface area (Å²) in [7, 11) is 1.71. The molecule has 4 nitrogen and oxygen atoms in total. The van der Waals surface area contributed by atoms with Gasteiger partial charge in [0, 0.05) is 20.3 Å². The fourth-order valence-electron chi connectivity index (χ4n) is 1.98. The zero-order valence-electron chi connectivity index (χ0n) is 9.73. The van der Waals surface area contributed by atoms with E-state index in [-0.39, 0.29) is 0 Å². The molecular formula is C12H17N3O. The van der Waals surface area contributed by atoms with Crippen LogP contribution in [0.15, 0.2) is 18.2 Å². The Balaban J connectivity index is 2.38. The Morgan fingerprint density at radius 1 is 1.44 bits per heavy atom. The van der Waals surface area contributed by atoms with Crippen molar-refractivity contribution in [3.63, 3.8) is 0 Å². The van der Waals surface area contributed by atoms with Crippen LogP contribution in [-0.2, 0) is 11.3 Å². The van der Waals surface area contributed by atoms with Crippen molar-refractivity contribution in [3.8, 4) is 0 Å². The highest BCUT2D eigenvalue weighted by Gasteiger charge is 2.09. The van der Waals surface area contributed by atoms with Crippen molar-refractivity contribution in [2.45, 2.75) is 19.9 Å². The molecule has 0 atom stereocenters. The van der Waals surface area contributed by atoms with Gasteiger partial charge in [0.05, 0.1) is 11.0 Å². The fourth-order valence-corrected chi connectivity index (χ4v) is 1.98. The molecule has 0 aliphatic heterocycles. The van der Waals surface area contributed by atoms with Crippen LogP contribution in [0.4, 0.5) is 5.95 Å². The molecule has 4 heteroatoms. The first kappa shape index (κ1) is 11.0. The second-order valence-corrected chi connectivity index (χ2v) is 3.91. The largest absolute Gasteiger partial charge is 0.385 e. The molecule has 16 heavy (non-hydrogen) atoms. The highest BCUT2D eigenvalue weighted by atomic mass is 16.5. The molecule has 0 fully saturated rings.